The third-order valence-corrected chi connectivity index (χ3v) is 2.96. The number of esters is 2. The lowest BCUT2D eigenvalue weighted by molar-refractivity contribution is -0.157. The van der Waals surface area contributed by atoms with Gasteiger partial charge in [-0.3, -0.25) is 0 Å². The number of nitriles is 1. The van der Waals surface area contributed by atoms with Crippen molar-refractivity contribution in [2.45, 2.75) is 19.9 Å². The molecule has 7 heteroatoms. The van der Waals surface area contributed by atoms with Gasteiger partial charge in [0.25, 0.3) is 0 Å². The van der Waals surface area contributed by atoms with E-state index < -0.39 is 18.0 Å². The van der Waals surface area contributed by atoms with Gasteiger partial charge in [-0.2, -0.15) is 5.26 Å². The molecule has 0 saturated carbocycles. The van der Waals surface area contributed by atoms with Crippen LogP contribution in [0.4, 0.5) is 0 Å². The molecule has 128 valence electrons. The van der Waals surface area contributed by atoms with E-state index in [0.717, 1.165) is 0 Å². The number of nitrogens with zero attached hydrogens (tertiary/aromatic N) is 1. The molecule has 0 heterocycles. The Morgan fingerprint density at radius 3 is 2.12 bits per heavy atom. The molecule has 0 aliphatic heterocycles. The van der Waals surface area contributed by atoms with Gasteiger partial charge >= 0.3 is 11.9 Å². The van der Waals surface area contributed by atoms with Crippen molar-refractivity contribution in [2.24, 2.45) is 0 Å². The van der Waals surface area contributed by atoms with E-state index in [1.807, 2.05) is 6.07 Å². The Balaban J connectivity index is 2.97. The van der Waals surface area contributed by atoms with Crippen LogP contribution in [0.2, 0.25) is 0 Å². The Bertz CT molecular complexity index is 613. The zero-order valence-electron chi connectivity index (χ0n) is 13.9. The van der Waals surface area contributed by atoms with Gasteiger partial charge in [0.15, 0.2) is 0 Å². The Morgan fingerprint density at radius 2 is 1.71 bits per heavy atom. The zero-order chi connectivity index (χ0) is 17.9. The number of hydrogen-bond donors (Lipinski definition) is 1. The van der Waals surface area contributed by atoms with E-state index in [1.165, 1.54) is 6.20 Å². The highest BCUT2D eigenvalue weighted by Crippen LogP contribution is 2.17. The molecule has 0 aromatic heterocycles. The van der Waals surface area contributed by atoms with E-state index in [0.29, 0.717) is 11.3 Å². The molecule has 0 saturated heterocycles. The smallest absolute Gasteiger partial charge is 0.340 e. The van der Waals surface area contributed by atoms with Crippen LogP contribution in [0.5, 0.6) is 5.75 Å². The largest absolute Gasteiger partial charge is 0.497 e. The van der Waals surface area contributed by atoms with Crippen LogP contribution in [0.1, 0.15) is 19.4 Å². The van der Waals surface area contributed by atoms with Crippen molar-refractivity contribution in [1.82, 2.24) is 5.32 Å². The molecule has 0 unspecified atom stereocenters. The summed E-state index contributed by atoms with van der Waals surface area (Å²) < 4.78 is 14.7. The number of carbonyl (C=O) groups excluding carboxylic acids is 2. The van der Waals surface area contributed by atoms with E-state index >= 15 is 0 Å². The standard InChI is InChI=1S/C17H20N2O5/c1-4-23-16(20)15(17(21)24-5-2)19-11-13(10-18)12-6-8-14(22-3)9-7-12/h6-9,11,15,19H,4-5H2,1-3H3/b13-11+. The number of ether oxygens (including phenoxy) is 3. The topological polar surface area (TPSA) is 97.6 Å². The molecule has 0 bridgehead atoms. The van der Waals surface area contributed by atoms with E-state index in [4.69, 9.17) is 14.2 Å². The summed E-state index contributed by atoms with van der Waals surface area (Å²) in [5.74, 6) is -0.877. The molecular weight excluding hydrogens is 312 g/mol. The lowest BCUT2D eigenvalue weighted by Crippen LogP contribution is -2.43. The molecule has 0 amide bonds. The van der Waals surface area contributed by atoms with Crippen LogP contribution < -0.4 is 10.1 Å². The molecule has 0 radical (unpaired) electrons. The van der Waals surface area contributed by atoms with E-state index in [9.17, 15) is 14.9 Å². The lowest BCUT2D eigenvalue weighted by atomic mass is 10.1. The molecule has 1 rings (SSSR count). The van der Waals surface area contributed by atoms with Gasteiger partial charge in [0.1, 0.15) is 11.8 Å². The zero-order valence-corrected chi connectivity index (χ0v) is 13.9. The van der Waals surface area contributed by atoms with Crippen molar-refractivity contribution >= 4 is 17.5 Å². The summed E-state index contributed by atoms with van der Waals surface area (Å²) in [5.41, 5.74) is 0.855. The molecule has 7 nitrogen and oxygen atoms in total. The Hall–Kier alpha value is -3.01. The molecule has 1 aromatic carbocycles. The summed E-state index contributed by atoms with van der Waals surface area (Å²) in [6, 6.07) is 7.47. The van der Waals surface area contributed by atoms with Crippen LogP contribution in [0, 0.1) is 11.3 Å². The monoisotopic (exact) mass is 332 g/mol. The third-order valence-electron chi connectivity index (χ3n) is 2.96. The maximum atomic E-state index is 11.9. The normalized spacial score (nSPS) is 10.7. The summed E-state index contributed by atoms with van der Waals surface area (Å²) in [7, 11) is 1.54. The van der Waals surface area contributed by atoms with Crippen molar-refractivity contribution in [3.8, 4) is 11.8 Å². The predicted octanol–water partition coefficient (Wildman–Crippen LogP) is 1.64. The van der Waals surface area contributed by atoms with Gasteiger partial charge in [0.2, 0.25) is 6.04 Å². The number of rotatable bonds is 8. The minimum absolute atomic E-state index is 0.129. The maximum Gasteiger partial charge on any atom is 0.340 e. The first-order valence-corrected chi connectivity index (χ1v) is 7.41. The molecule has 1 N–H and O–H groups in total. The predicted molar refractivity (Wildman–Crippen MR) is 86.8 cm³/mol. The average molecular weight is 332 g/mol. The second kappa shape index (κ2) is 9.90. The van der Waals surface area contributed by atoms with E-state index in [1.54, 1.807) is 45.2 Å². The maximum absolute atomic E-state index is 11.9. The number of benzene rings is 1. The van der Waals surface area contributed by atoms with Gasteiger partial charge < -0.3 is 19.5 Å². The molecule has 0 aliphatic rings. The third kappa shape index (κ3) is 5.32. The second-order valence-electron chi connectivity index (χ2n) is 4.50. The number of hydrogen-bond acceptors (Lipinski definition) is 7. The summed E-state index contributed by atoms with van der Waals surface area (Å²) >= 11 is 0. The Kier molecular flexibility index (Phi) is 7.85. The molecule has 0 atom stereocenters. The number of carbonyl (C=O) groups is 2. The summed E-state index contributed by atoms with van der Waals surface area (Å²) in [6.07, 6.45) is 1.29. The first kappa shape index (κ1) is 19.0. The van der Waals surface area contributed by atoms with Crippen molar-refractivity contribution in [3.63, 3.8) is 0 Å². The van der Waals surface area contributed by atoms with Crippen LogP contribution in [0.3, 0.4) is 0 Å². The van der Waals surface area contributed by atoms with Crippen molar-refractivity contribution in [1.29, 1.82) is 5.26 Å². The van der Waals surface area contributed by atoms with Crippen molar-refractivity contribution < 1.29 is 23.8 Å². The Labute approximate surface area is 140 Å². The van der Waals surface area contributed by atoms with Crippen LogP contribution in [0.15, 0.2) is 30.5 Å². The summed E-state index contributed by atoms with van der Waals surface area (Å²) in [4.78, 5) is 23.7. The fraction of sp³-hybridized carbons (Fsp3) is 0.353. The number of methoxy groups -OCH3 is 1. The highest BCUT2D eigenvalue weighted by molar-refractivity contribution is 5.99. The summed E-state index contributed by atoms with van der Waals surface area (Å²) in [6.45, 7) is 3.52. The van der Waals surface area contributed by atoms with Crippen LogP contribution in [0.25, 0.3) is 5.57 Å². The molecule has 0 spiro atoms. The lowest BCUT2D eigenvalue weighted by Gasteiger charge is -2.14. The van der Waals surface area contributed by atoms with E-state index in [2.05, 4.69) is 5.32 Å². The number of allylic oxidation sites excluding steroid dienone is 1. The van der Waals surface area contributed by atoms with Gasteiger partial charge in [-0.25, -0.2) is 9.59 Å². The first-order valence-electron chi connectivity index (χ1n) is 7.41. The highest BCUT2D eigenvalue weighted by atomic mass is 16.6. The van der Waals surface area contributed by atoms with Gasteiger partial charge in [-0.05, 0) is 43.7 Å². The fourth-order valence-electron chi connectivity index (χ4n) is 1.80. The van der Waals surface area contributed by atoms with Crippen molar-refractivity contribution in [2.75, 3.05) is 20.3 Å². The van der Waals surface area contributed by atoms with Gasteiger partial charge in [0.05, 0.1) is 25.9 Å². The second-order valence-corrected chi connectivity index (χ2v) is 4.50. The van der Waals surface area contributed by atoms with Crippen molar-refractivity contribution in [3.05, 3.63) is 36.0 Å². The fourth-order valence-corrected chi connectivity index (χ4v) is 1.80. The molecule has 0 aliphatic carbocycles. The highest BCUT2D eigenvalue weighted by Gasteiger charge is 2.28. The van der Waals surface area contributed by atoms with E-state index in [-0.39, 0.29) is 18.8 Å². The van der Waals surface area contributed by atoms with Gasteiger partial charge in [0, 0.05) is 6.20 Å². The van der Waals surface area contributed by atoms with Crippen LogP contribution in [-0.4, -0.2) is 38.3 Å². The van der Waals surface area contributed by atoms with Crippen LogP contribution >= 0.6 is 0 Å². The minimum atomic E-state index is -1.33. The summed E-state index contributed by atoms with van der Waals surface area (Å²) in [5, 5.41) is 11.9. The molecule has 1 aromatic rings. The molecular formula is C17H20N2O5. The average Bonchev–Trinajstić information content (AvgIpc) is 2.59. The molecule has 24 heavy (non-hydrogen) atoms. The Morgan fingerprint density at radius 1 is 1.17 bits per heavy atom. The first-order chi connectivity index (χ1) is 11.6. The van der Waals surface area contributed by atoms with Gasteiger partial charge in [-0.1, -0.05) is 0 Å². The number of nitrogens with one attached hydrogen (secondary N) is 1. The SMILES string of the molecule is CCOC(=O)C(N/C=C(\C#N)c1ccc(OC)cc1)C(=O)OCC. The quantitative estimate of drug-likeness (QED) is 0.439. The minimum Gasteiger partial charge on any atom is -0.497 e. The molecule has 0 fully saturated rings. The van der Waals surface area contributed by atoms with Crippen LogP contribution in [-0.2, 0) is 19.1 Å². The van der Waals surface area contributed by atoms with Gasteiger partial charge in [-0.15, -0.1) is 0 Å².